The van der Waals surface area contributed by atoms with Gasteiger partial charge in [-0.3, -0.25) is 9.48 Å². The van der Waals surface area contributed by atoms with Crippen molar-refractivity contribution < 1.29 is 9.90 Å². The predicted octanol–water partition coefficient (Wildman–Crippen LogP) is 1.09. The van der Waals surface area contributed by atoms with E-state index in [1.54, 1.807) is 0 Å². The number of aromatic nitrogens is 2. The van der Waals surface area contributed by atoms with E-state index in [0.717, 1.165) is 42.6 Å². The Morgan fingerprint density at radius 2 is 1.90 bits per heavy atom. The maximum atomic E-state index is 12.7. The van der Waals surface area contributed by atoms with Crippen molar-refractivity contribution in [3.05, 3.63) is 17.0 Å². The van der Waals surface area contributed by atoms with Gasteiger partial charge in [0.25, 0.3) is 0 Å². The molecule has 5 heteroatoms. The van der Waals surface area contributed by atoms with Gasteiger partial charge in [-0.1, -0.05) is 0 Å². The Morgan fingerprint density at radius 3 is 2.40 bits per heavy atom. The maximum Gasteiger partial charge on any atom is 0.227 e. The van der Waals surface area contributed by atoms with Gasteiger partial charge in [-0.25, -0.2) is 0 Å². The number of aryl methyl sites for hydroxylation is 2. The number of fused-ring (bicyclic) bond motifs is 2. The van der Waals surface area contributed by atoms with E-state index in [1.807, 2.05) is 30.5 Å². The van der Waals surface area contributed by atoms with Crippen LogP contribution in [0.1, 0.15) is 42.6 Å². The van der Waals surface area contributed by atoms with Crippen molar-refractivity contribution in [3.8, 4) is 0 Å². The normalized spacial score (nSPS) is 29.0. The van der Waals surface area contributed by atoms with Gasteiger partial charge in [-0.2, -0.15) is 5.10 Å². The molecule has 110 valence electrons. The number of hydrogen-bond acceptors (Lipinski definition) is 3. The number of nitrogens with zero attached hydrogens (tertiary/aromatic N) is 3. The number of piperidine rings is 1. The van der Waals surface area contributed by atoms with E-state index in [9.17, 15) is 9.90 Å². The van der Waals surface area contributed by atoms with E-state index >= 15 is 0 Å². The van der Waals surface area contributed by atoms with Crippen LogP contribution in [-0.2, 0) is 18.3 Å². The number of carbonyl (C=O) groups is 1. The number of carbonyl (C=O) groups excluding carboxylic acids is 1. The van der Waals surface area contributed by atoms with Gasteiger partial charge < -0.3 is 10.0 Å². The van der Waals surface area contributed by atoms with Crippen LogP contribution >= 0.6 is 0 Å². The Hall–Kier alpha value is -1.36. The van der Waals surface area contributed by atoms with Crippen molar-refractivity contribution >= 4 is 5.91 Å². The monoisotopic (exact) mass is 277 g/mol. The maximum absolute atomic E-state index is 12.7. The third-order valence-electron chi connectivity index (χ3n) is 4.98. The summed E-state index contributed by atoms with van der Waals surface area (Å²) in [6, 6.07) is 0.488. The van der Waals surface area contributed by atoms with Crippen LogP contribution < -0.4 is 0 Å². The van der Waals surface area contributed by atoms with Gasteiger partial charge in [0, 0.05) is 30.4 Å². The molecule has 0 radical (unpaired) electrons. The fraction of sp³-hybridized carbons (Fsp3) is 0.733. The highest BCUT2D eigenvalue weighted by molar-refractivity contribution is 5.80. The van der Waals surface area contributed by atoms with E-state index < -0.39 is 0 Å². The average molecular weight is 277 g/mol. The van der Waals surface area contributed by atoms with Crippen molar-refractivity contribution in [3.63, 3.8) is 0 Å². The molecule has 20 heavy (non-hydrogen) atoms. The molecular weight excluding hydrogens is 254 g/mol. The van der Waals surface area contributed by atoms with Gasteiger partial charge in [0.1, 0.15) is 0 Å². The van der Waals surface area contributed by atoms with Crippen LogP contribution in [0.5, 0.6) is 0 Å². The second-order valence-corrected chi connectivity index (χ2v) is 6.26. The van der Waals surface area contributed by atoms with E-state index in [1.165, 1.54) is 0 Å². The quantitative estimate of drug-likeness (QED) is 0.880. The van der Waals surface area contributed by atoms with E-state index in [-0.39, 0.29) is 24.1 Å². The highest BCUT2D eigenvalue weighted by Gasteiger charge is 2.42. The highest BCUT2D eigenvalue weighted by atomic mass is 16.3. The summed E-state index contributed by atoms with van der Waals surface area (Å²) in [7, 11) is 1.91. The molecule has 2 saturated heterocycles. The first-order valence-corrected chi connectivity index (χ1v) is 7.45. The first-order chi connectivity index (χ1) is 9.47. The molecule has 1 aromatic rings. The summed E-state index contributed by atoms with van der Waals surface area (Å²) in [6.45, 7) is 3.97. The summed E-state index contributed by atoms with van der Waals surface area (Å²) in [5, 5.41) is 14.2. The fourth-order valence-corrected chi connectivity index (χ4v) is 3.87. The second kappa shape index (κ2) is 4.88. The van der Waals surface area contributed by atoms with Crippen LogP contribution in [0.2, 0.25) is 0 Å². The van der Waals surface area contributed by atoms with E-state index in [4.69, 9.17) is 0 Å². The van der Waals surface area contributed by atoms with Gasteiger partial charge in [-0.05, 0) is 39.5 Å². The zero-order valence-electron chi connectivity index (χ0n) is 12.5. The molecule has 3 rings (SSSR count). The standard InChI is InChI=1S/C15H23N3O2/c1-9-14(10(2)17(3)16-9)8-15(20)18-11-4-5-12(18)7-13(19)6-11/h11-13,19H,4-8H2,1-3H3. The Bertz CT molecular complexity index is 523. The minimum Gasteiger partial charge on any atom is -0.393 e. The molecule has 5 nitrogen and oxygen atoms in total. The summed E-state index contributed by atoms with van der Waals surface area (Å²) < 4.78 is 1.84. The molecule has 1 amide bonds. The molecule has 2 aliphatic rings. The molecule has 2 fully saturated rings. The molecule has 0 aromatic carbocycles. The van der Waals surface area contributed by atoms with Gasteiger partial charge >= 0.3 is 0 Å². The molecule has 2 atom stereocenters. The summed E-state index contributed by atoms with van der Waals surface area (Å²) in [4.78, 5) is 14.7. The number of rotatable bonds is 2. The zero-order valence-corrected chi connectivity index (χ0v) is 12.5. The lowest BCUT2D eigenvalue weighted by Gasteiger charge is -2.37. The Labute approximate surface area is 119 Å². The summed E-state index contributed by atoms with van der Waals surface area (Å²) in [6.07, 6.45) is 3.78. The zero-order chi connectivity index (χ0) is 14.4. The van der Waals surface area contributed by atoms with Crippen LogP contribution in [0.25, 0.3) is 0 Å². The summed E-state index contributed by atoms with van der Waals surface area (Å²) in [5.41, 5.74) is 3.08. The molecule has 1 N–H and O–H groups in total. The summed E-state index contributed by atoms with van der Waals surface area (Å²) in [5.74, 6) is 0.198. The SMILES string of the molecule is Cc1nn(C)c(C)c1CC(=O)N1C2CCC1CC(O)C2. The van der Waals surface area contributed by atoms with Crippen LogP contribution in [0.15, 0.2) is 0 Å². The minimum absolute atomic E-state index is 0.198. The minimum atomic E-state index is -0.224. The van der Waals surface area contributed by atoms with Gasteiger partial charge in [0.05, 0.1) is 18.2 Å². The van der Waals surface area contributed by atoms with Crippen molar-refractivity contribution in [2.24, 2.45) is 7.05 Å². The lowest BCUT2D eigenvalue weighted by Crippen LogP contribution is -2.48. The Morgan fingerprint density at radius 1 is 1.30 bits per heavy atom. The summed E-state index contributed by atoms with van der Waals surface area (Å²) >= 11 is 0. The molecule has 0 saturated carbocycles. The average Bonchev–Trinajstić information content (AvgIpc) is 2.78. The van der Waals surface area contributed by atoms with Gasteiger partial charge in [-0.15, -0.1) is 0 Å². The van der Waals surface area contributed by atoms with Gasteiger partial charge in [0.15, 0.2) is 0 Å². The Kier molecular flexibility index (Phi) is 3.32. The largest absolute Gasteiger partial charge is 0.393 e. The van der Waals surface area contributed by atoms with Crippen molar-refractivity contribution in [2.75, 3.05) is 0 Å². The van der Waals surface area contributed by atoms with Crippen LogP contribution in [0, 0.1) is 13.8 Å². The highest BCUT2D eigenvalue weighted by Crippen LogP contribution is 2.36. The molecule has 2 unspecified atom stereocenters. The number of aliphatic hydroxyl groups is 1. The molecule has 3 heterocycles. The van der Waals surface area contributed by atoms with Crippen LogP contribution in [-0.4, -0.2) is 43.9 Å². The fourth-order valence-electron chi connectivity index (χ4n) is 3.87. The van der Waals surface area contributed by atoms with Crippen molar-refractivity contribution in [1.29, 1.82) is 0 Å². The number of hydrogen-bond donors (Lipinski definition) is 1. The van der Waals surface area contributed by atoms with Crippen LogP contribution in [0.3, 0.4) is 0 Å². The smallest absolute Gasteiger partial charge is 0.227 e. The molecule has 2 bridgehead atoms. The topological polar surface area (TPSA) is 58.4 Å². The lowest BCUT2D eigenvalue weighted by atomic mass is 9.98. The molecule has 2 aliphatic heterocycles. The lowest BCUT2D eigenvalue weighted by molar-refractivity contribution is -0.136. The molecule has 0 spiro atoms. The molecular formula is C15H23N3O2. The number of amides is 1. The molecule has 0 aliphatic carbocycles. The predicted molar refractivity (Wildman–Crippen MR) is 75.3 cm³/mol. The van der Waals surface area contributed by atoms with Crippen LogP contribution in [0.4, 0.5) is 0 Å². The Balaban J connectivity index is 1.77. The van der Waals surface area contributed by atoms with E-state index in [0.29, 0.717) is 6.42 Å². The first kappa shape index (κ1) is 13.6. The number of aliphatic hydroxyl groups excluding tert-OH is 1. The molecule has 1 aromatic heterocycles. The second-order valence-electron chi connectivity index (χ2n) is 6.26. The third kappa shape index (κ3) is 2.14. The van der Waals surface area contributed by atoms with E-state index in [2.05, 4.69) is 5.10 Å². The van der Waals surface area contributed by atoms with Crippen molar-refractivity contribution in [1.82, 2.24) is 14.7 Å². The van der Waals surface area contributed by atoms with Crippen molar-refractivity contribution in [2.45, 2.75) is 64.1 Å². The third-order valence-corrected chi connectivity index (χ3v) is 4.98. The first-order valence-electron chi connectivity index (χ1n) is 7.45. The van der Waals surface area contributed by atoms with Gasteiger partial charge in [0.2, 0.25) is 5.91 Å².